The Balaban J connectivity index is 2.03. The molecule has 0 spiro atoms. The van der Waals surface area contributed by atoms with E-state index in [0.29, 0.717) is 6.61 Å². The average Bonchev–Trinajstić information content (AvgIpc) is 2.19. The summed E-state index contributed by atoms with van der Waals surface area (Å²) in [6, 6.07) is 0. The molecule has 1 atom stereocenters. The average molecular weight is 180 g/mol. The number of ether oxygens (including phenoxy) is 2. The summed E-state index contributed by atoms with van der Waals surface area (Å²) in [4.78, 5) is 0. The summed E-state index contributed by atoms with van der Waals surface area (Å²) in [6.45, 7) is 2.83. The number of rotatable bonds is 5. The van der Waals surface area contributed by atoms with Gasteiger partial charge in [0.1, 0.15) is 0 Å². The molecule has 0 aromatic heterocycles. The van der Waals surface area contributed by atoms with Crippen LogP contribution in [-0.4, -0.2) is 12.9 Å². The first-order valence-electron chi connectivity index (χ1n) is 4.69. The first-order chi connectivity index (χ1) is 6.43. The topological polar surface area (TPSA) is 18.5 Å². The highest BCUT2D eigenvalue weighted by atomic mass is 16.7. The fourth-order valence-corrected chi connectivity index (χ4v) is 1.000. The van der Waals surface area contributed by atoms with Gasteiger partial charge in [0, 0.05) is 0 Å². The monoisotopic (exact) mass is 180 g/mol. The predicted octanol–water partition coefficient (Wildman–Crippen LogP) is 2.79. The lowest BCUT2D eigenvalue weighted by Crippen LogP contribution is -2.13. The maximum absolute atomic E-state index is 5.42. The fraction of sp³-hybridized carbons (Fsp3) is 0.455. The molecule has 2 nitrogen and oxygen atoms in total. The quantitative estimate of drug-likeness (QED) is 0.478. The van der Waals surface area contributed by atoms with Crippen molar-refractivity contribution in [3.63, 3.8) is 0 Å². The van der Waals surface area contributed by atoms with Gasteiger partial charge in [-0.2, -0.15) is 0 Å². The molecule has 1 aliphatic heterocycles. The molecule has 1 aliphatic rings. The molecule has 13 heavy (non-hydrogen) atoms. The van der Waals surface area contributed by atoms with E-state index in [9.17, 15) is 0 Å². The standard InChI is InChI=1S/C11H16O2/c1-2-3-4-6-9-12-11-8-5-7-10-13-11/h3-5,7-8,10-11H,2,6,9H2,1H3/b4-3+/t11-/m1/s1. The minimum atomic E-state index is -0.194. The molecule has 72 valence electrons. The highest BCUT2D eigenvalue weighted by Crippen LogP contribution is 2.04. The molecule has 0 N–H and O–H groups in total. The largest absolute Gasteiger partial charge is 0.469 e. The smallest absolute Gasteiger partial charge is 0.219 e. The lowest BCUT2D eigenvalue weighted by atomic mass is 10.3. The second-order valence-electron chi connectivity index (χ2n) is 2.76. The van der Waals surface area contributed by atoms with Gasteiger partial charge in [-0.1, -0.05) is 25.2 Å². The molecule has 1 heterocycles. The van der Waals surface area contributed by atoms with Crippen LogP contribution in [0.3, 0.4) is 0 Å². The van der Waals surface area contributed by atoms with Crippen LogP contribution < -0.4 is 0 Å². The third kappa shape index (κ3) is 4.53. The van der Waals surface area contributed by atoms with E-state index in [1.165, 1.54) is 0 Å². The molecule has 0 aromatic rings. The first-order valence-corrected chi connectivity index (χ1v) is 4.69. The Morgan fingerprint density at radius 3 is 3.00 bits per heavy atom. The minimum absolute atomic E-state index is 0.194. The maximum Gasteiger partial charge on any atom is 0.219 e. The Kier molecular flexibility index (Phi) is 5.02. The van der Waals surface area contributed by atoms with Crippen LogP contribution in [0.25, 0.3) is 0 Å². The molecule has 0 saturated heterocycles. The van der Waals surface area contributed by atoms with Crippen molar-refractivity contribution in [1.82, 2.24) is 0 Å². The second-order valence-corrected chi connectivity index (χ2v) is 2.76. The Hall–Kier alpha value is -1.02. The minimum Gasteiger partial charge on any atom is -0.469 e. The molecule has 0 fully saturated rings. The summed E-state index contributed by atoms with van der Waals surface area (Å²) in [5.41, 5.74) is 0. The Morgan fingerprint density at radius 2 is 2.31 bits per heavy atom. The van der Waals surface area contributed by atoms with Crippen LogP contribution in [0.1, 0.15) is 19.8 Å². The Bertz CT molecular complexity index is 204. The molecule has 2 heteroatoms. The summed E-state index contributed by atoms with van der Waals surface area (Å²) in [5, 5.41) is 0. The van der Waals surface area contributed by atoms with Crippen LogP contribution in [0.5, 0.6) is 0 Å². The normalized spacial score (nSPS) is 20.8. The highest BCUT2D eigenvalue weighted by molar-refractivity contribution is 5.05. The van der Waals surface area contributed by atoms with E-state index in [2.05, 4.69) is 19.1 Å². The van der Waals surface area contributed by atoms with Gasteiger partial charge < -0.3 is 9.47 Å². The zero-order chi connectivity index (χ0) is 9.36. The van der Waals surface area contributed by atoms with Gasteiger partial charge in [-0.05, 0) is 25.0 Å². The van der Waals surface area contributed by atoms with Crippen molar-refractivity contribution in [3.8, 4) is 0 Å². The van der Waals surface area contributed by atoms with E-state index < -0.39 is 0 Å². The van der Waals surface area contributed by atoms with Crippen molar-refractivity contribution in [1.29, 1.82) is 0 Å². The van der Waals surface area contributed by atoms with Gasteiger partial charge in [0.15, 0.2) is 0 Å². The van der Waals surface area contributed by atoms with E-state index in [-0.39, 0.29) is 6.29 Å². The van der Waals surface area contributed by atoms with Crippen LogP contribution in [-0.2, 0) is 9.47 Å². The zero-order valence-electron chi connectivity index (χ0n) is 7.98. The summed E-state index contributed by atoms with van der Waals surface area (Å²) in [5.74, 6) is 0. The molecule has 0 aromatic carbocycles. The van der Waals surface area contributed by atoms with Crippen molar-refractivity contribution >= 4 is 0 Å². The molecule has 1 rings (SSSR count). The van der Waals surface area contributed by atoms with Crippen molar-refractivity contribution < 1.29 is 9.47 Å². The van der Waals surface area contributed by atoms with Crippen molar-refractivity contribution in [3.05, 3.63) is 36.6 Å². The van der Waals surface area contributed by atoms with Crippen LogP contribution in [0, 0.1) is 0 Å². The van der Waals surface area contributed by atoms with Gasteiger partial charge in [-0.25, -0.2) is 0 Å². The van der Waals surface area contributed by atoms with E-state index in [0.717, 1.165) is 12.8 Å². The van der Waals surface area contributed by atoms with E-state index in [1.54, 1.807) is 6.26 Å². The fourth-order valence-electron chi connectivity index (χ4n) is 1.000. The van der Waals surface area contributed by atoms with Crippen molar-refractivity contribution in [2.24, 2.45) is 0 Å². The molecule has 0 bridgehead atoms. The maximum atomic E-state index is 5.42. The van der Waals surface area contributed by atoms with E-state index in [1.807, 2.05) is 18.2 Å². The molecule has 0 unspecified atom stereocenters. The summed E-state index contributed by atoms with van der Waals surface area (Å²) < 4.78 is 10.6. The van der Waals surface area contributed by atoms with Gasteiger partial charge in [-0.15, -0.1) is 0 Å². The molecule has 0 amide bonds. The lowest BCUT2D eigenvalue weighted by Gasteiger charge is -2.14. The van der Waals surface area contributed by atoms with Gasteiger partial charge in [0.2, 0.25) is 6.29 Å². The number of allylic oxidation sites excluding steroid dienone is 3. The van der Waals surface area contributed by atoms with Crippen molar-refractivity contribution in [2.45, 2.75) is 26.1 Å². The van der Waals surface area contributed by atoms with Gasteiger partial charge >= 0.3 is 0 Å². The Labute approximate surface area is 79.5 Å². The number of hydrogen-bond donors (Lipinski definition) is 0. The molecular formula is C11H16O2. The second kappa shape index (κ2) is 6.49. The van der Waals surface area contributed by atoms with Crippen molar-refractivity contribution in [2.75, 3.05) is 6.61 Å². The predicted molar refractivity (Wildman–Crippen MR) is 53.2 cm³/mol. The number of hydrogen-bond acceptors (Lipinski definition) is 2. The van der Waals surface area contributed by atoms with Gasteiger partial charge in [0.25, 0.3) is 0 Å². The first kappa shape index (κ1) is 10.1. The lowest BCUT2D eigenvalue weighted by molar-refractivity contribution is -0.0724. The SMILES string of the molecule is CC/C=C/CCO[C@H]1C=CC=CO1. The van der Waals surface area contributed by atoms with Crippen LogP contribution in [0.15, 0.2) is 36.6 Å². The van der Waals surface area contributed by atoms with Crippen LogP contribution in [0.2, 0.25) is 0 Å². The Morgan fingerprint density at radius 1 is 1.38 bits per heavy atom. The molecule has 0 radical (unpaired) electrons. The third-order valence-electron chi connectivity index (χ3n) is 1.64. The van der Waals surface area contributed by atoms with Crippen LogP contribution in [0.4, 0.5) is 0 Å². The summed E-state index contributed by atoms with van der Waals surface area (Å²) >= 11 is 0. The molecular weight excluding hydrogens is 164 g/mol. The molecule has 0 aliphatic carbocycles. The molecule has 0 saturated carbocycles. The third-order valence-corrected chi connectivity index (χ3v) is 1.64. The van der Waals surface area contributed by atoms with E-state index in [4.69, 9.17) is 9.47 Å². The van der Waals surface area contributed by atoms with E-state index >= 15 is 0 Å². The zero-order valence-corrected chi connectivity index (χ0v) is 7.98. The van der Waals surface area contributed by atoms with Gasteiger partial charge in [-0.3, -0.25) is 0 Å². The highest BCUT2D eigenvalue weighted by Gasteiger charge is 2.03. The van der Waals surface area contributed by atoms with Gasteiger partial charge in [0.05, 0.1) is 12.9 Å². The summed E-state index contributed by atoms with van der Waals surface area (Å²) in [7, 11) is 0. The van der Waals surface area contributed by atoms with Crippen LogP contribution >= 0.6 is 0 Å². The summed E-state index contributed by atoms with van der Waals surface area (Å²) in [6.07, 6.45) is 13.4.